The van der Waals surface area contributed by atoms with Gasteiger partial charge in [-0.25, -0.2) is 0 Å². The highest BCUT2D eigenvalue weighted by atomic mass is 16.5. The zero-order chi connectivity index (χ0) is 15.0. The number of rotatable bonds is 8. The van der Waals surface area contributed by atoms with E-state index < -0.39 is 5.54 Å². The van der Waals surface area contributed by atoms with Crippen LogP contribution in [0.4, 0.5) is 0 Å². The van der Waals surface area contributed by atoms with E-state index in [1.807, 2.05) is 37.3 Å². The summed E-state index contributed by atoms with van der Waals surface area (Å²) in [5.74, 6) is 0.734. The van der Waals surface area contributed by atoms with Crippen LogP contribution in [0.5, 0.6) is 0 Å². The van der Waals surface area contributed by atoms with Crippen molar-refractivity contribution in [1.29, 1.82) is 5.26 Å². The zero-order valence-corrected chi connectivity index (χ0v) is 13.0. The van der Waals surface area contributed by atoms with Crippen LogP contribution in [0, 0.1) is 17.2 Å². The largest absolute Gasteiger partial charge is 0.381 e. The fraction of sp³-hybridized carbons (Fsp3) is 0.611. The molecule has 1 saturated carbocycles. The van der Waals surface area contributed by atoms with Crippen LogP contribution in [0.15, 0.2) is 30.3 Å². The minimum atomic E-state index is -0.633. The third kappa shape index (κ3) is 4.30. The van der Waals surface area contributed by atoms with E-state index in [1.54, 1.807) is 0 Å². The third-order valence-corrected chi connectivity index (χ3v) is 4.39. The molecule has 0 heterocycles. The van der Waals surface area contributed by atoms with Crippen LogP contribution >= 0.6 is 0 Å². The van der Waals surface area contributed by atoms with E-state index in [1.165, 1.54) is 25.7 Å². The summed E-state index contributed by atoms with van der Waals surface area (Å²) in [5.41, 5.74) is 0.393. The molecule has 3 nitrogen and oxygen atoms in total. The lowest BCUT2D eigenvalue weighted by atomic mass is 9.88. The lowest BCUT2D eigenvalue weighted by Crippen LogP contribution is -2.42. The van der Waals surface area contributed by atoms with Crippen LogP contribution in [0.1, 0.15) is 44.6 Å². The molecule has 1 aromatic carbocycles. The standard InChI is InChI=1S/C18H26N2O/c1-2-20-18(15-19,17-10-4-3-5-11-17)12-13-21-14-16-8-6-7-9-16/h3-5,10-11,16,20H,2,6-9,12-14H2,1H3. The van der Waals surface area contributed by atoms with Gasteiger partial charge in [-0.3, -0.25) is 5.32 Å². The second kappa shape index (κ2) is 8.17. The van der Waals surface area contributed by atoms with Crippen molar-refractivity contribution >= 4 is 0 Å². The van der Waals surface area contributed by atoms with E-state index in [9.17, 15) is 5.26 Å². The molecule has 0 aliphatic heterocycles. The van der Waals surface area contributed by atoms with Gasteiger partial charge in [-0.2, -0.15) is 5.26 Å². The molecular weight excluding hydrogens is 260 g/mol. The number of benzene rings is 1. The molecule has 0 spiro atoms. The molecule has 1 atom stereocenters. The van der Waals surface area contributed by atoms with Gasteiger partial charge in [0.25, 0.3) is 0 Å². The Labute approximate surface area is 128 Å². The first-order valence-electron chi connectivity index (χ1n) is 8.10. The average Bonchev–Trinajstić information content (AvgIpc) is 3.05. The van der Waals surface area contributed by atoms with Gasteiger partial charge in [0.1, 0.15) is 5.54 Å². The van der Waals surface area contributed by atoms with Gasteiger partial charge >= 0.3 is 0 Å². The molecule has 1 unspecified atom stereocenters. The van der Waals surface area contributed by atoms with Crippen molar-refractivity contribution in [2.24, 2.45) is 5.92 Å². The molecule has 114 valence electrons. The van der Waals surface area contributed by atoms with Gasteiger partial charge in [0, 0.05) is 19.6 Å². The predicted octanol–water partition coefficient (Wildman–Crippen LogP) is 3.61. The molecule has 0 bridgehead atoms. The maximum Gasteiger partial charge on any atom is 0.134 e. The van der Waals surface area contributed by atoms with Crippen molar-refractivity contribution in [1.82, 2.24) is 5.32 Å². The molecular formula is C18H26N2O. The monoisotopic (exact) mass is 286 g/mol. The Balaban J connectivity index is 1.91. The maximum atomic E-state index is 9.70. The van der Waals surface area contributed by atoms with Crippen molar-refractivity contribution in [3.63, 3.8) is 0 Å². The summed E-state index contributed by atoms with van der Waals surface area (Å²) >= 11 is 0. The minimum absolute atomic E-state index is 0.631. The van der Waals surface area contributed by atoms with Crippen molar-refractivity contribution in [3.05, 3.63) is 35.9 Å². The Morgan fingerprint density at radius 2 is 2.00 bits per heavy atom. The van der Waals surface area contributed by atoms with Gasteiger partial charge in [0.2, 0.25) is 0 Å². The topological polar surface area (TPSA) is 45.0 Å². The van der Waals surface area contributed by atoms with Gasteiger partial charge in [-0.05, 0) is 30.9 Å². The van der Waals surface area contributed by atoms with E-state index >= 15 is 0 Å². The van der Waals surface area contributed by atoms with Crippen molar-refractivity contribution < 1.29 is 4.74 Å². The Kier molecular flexibility index (Phi) is 6.22. The highest BCUT2D eigenvalue weighted by molar-refractivity contribution is 5.31. The van der Waals surface area contributed by atoms with Gasteiger partial charge in [-0.15, -0.1) is 0 Å². The average molecular weight is 286 g/mol. The molecule has 0 amide bonds. The Bertz CT molecular complexity index is 448. The lowest BCUT2D eigenvalue weighted by Gasteiger charge is -2.28. The second-order valence-corrected chi connectivity index (χ2v) is 5.89. The van der Waals surface area contributed by atoms with E-state index in [0.717, 1.165) is 24.6 Å². The molecule has 1 N–H and O–H groups in total. The summed E-state index contributed by atoms with van der Waals surface area (Å²) in [5, 5.41) is 13.1. The quantitative estimate of drug-likeness (QED) is 0.742. The number of nitrogens with zero attached hydrogens (tertiary/aromatic N) is 1. The third-order valence-electron chi connectivity index (χ3n) is 4.39. The SMILES string of the molecule is CCNC(C#N)(CCOCC1CCCC1)c1ccccc1. The molecule has 0 aromatic heterocycles. The van der Waals surface area contributed by atoms with Crippen molar-refractivity contribution in [2.75, 3.05) is 19.8 Å². The molecule has 1 fully saturated rings. The second-order valence-electron chi connectivity index (χ2n) is 5.89. The van der Waals surface area contributed by atoms with Crippen LogP contribution in [0.25, 0.3) is 0 Å². The van der Waals surface area contributed by atoms with E-state index in [0.29, 0.717) is 13.0 Å². The zero-order valence-electron chi connectivity index (χ0n) is 13.0. The van der Waals surface area contributed by atoms with Gasteiger partial charge in [-0.1, -0.05) is 50.1 Å². The van der Waals surface area contributed by atoms with Gasteiger partial charge in [0.15, 0.2) is 0 Å². The Morgan fingerprint density at radius 3 is 2.62 bits per heavy atom. The fourth-order valence-corrected chi connectivity index (χ4v) is 3.17. The molecule has 21 heavy (non-hydrogen) atoms. The van der Waals surface area contributed by atoms with Gasteiger partial charge < -0.3 is 4.74 Å². The Morgan fingerprint density at radius 1 is 1.29 bits per heavy atom. The van der Waals surface area contributed by atoms with Crippen LogP contribution in [-0.2, 0) is 10.3 Å². The molecule has 1 aliphatic carbocycles. The highest BCUT2D eigenvalue weighted by Gasteiger charge is 2.31. The number of hydrogen-bond donors (Lipinski definition) is 1. The van der Waals surface area contributed by atoms with E-state index in [2.05, 4.69) is 11.4 Å². The number of ether oxygens (including phenoxy) is 1. The smallest absolute Gasteiger partial charge is 0.134 e. The van der Waals surface area contributed by atoms with Crippen molar-refractivity contribution in [3.8, 4) is 6.07 Å². The molecule has 3 heteroatoms. The first-order chi connectivity index (χ1) is 10.3. The van der Waals surface area contributed by atoms with E-state index in [-0.39, 0.29) is 0 Å². The van der Waals surface area contributed by atoms with Crippen LogP contribution in [0.2, 0.25) is 0 Å². The van der Waals surface area contributed by atoms with E-state index in [4.69, 9.17) is 4.74 Å². The minimum Gasteiger partial charge on any atom is -0.381 e. The molecule has 0 saturated heterocycles. The summed E-state index contributed by atoms with van der Waals surface area (Å²) in [7, 11) is 0. The lowest BCUT2D eigenvalue weighted by molar-refractivity contribution is 0.0871. The summed E-state index contributed by atoms with van der Waals surface area (Å²) in [6.07, 6.45) is 5.98. The van der Waals surface area contributed by atoms with Crippen LogP contribution < -0.4 is 5.32 Å². The summed E-state index contributed by atoms with van der Waals surface area (Å²) in [4.78, 5) is 0. The van der Waals surface area contributed by atoms with Crippen molar-refractivity contribution in [2.45, 2.75) is 44.6 Å². The number of nitrogens with one attached hydrogen (secondary N) is 1. The maximum absolute atomic E-state index is 9.70. The van der Waals surface area contributed by atoms with Gasteiger partial charge in [0.05, 0.1) is 6.07 Å². The normalized spacial score (nSPS) is 18.3. The predicted molar refractivity (Wildman–Crippen MR) is 84.8 cm³/mol. The molecule has 0 radical (unpaired) electrons. The highest BCUT2D eigenvalue weighted by Crippen LogP contribution is 2.27. The Hall–Kier alpha value is -1.37. The summed E-state index contributed by atoms with van der Waals surface area (Å²) < 4.78 is 5.85. The first-order valence-corrected chi connectivity index (χ1v) is 8.10. The fourth-order valence-electron chi connectivity index (χ4n) is 3.17. The molecule has 2 rings (SSSR count). The molecule has 1 aliphatic rings. The summed E-state index contributed by atoms with van der Waals surface area (Å²) in [6, 6.07) is 12.5. The van der Waals surface area contributed by atoms with Crippen LogP contribution in [0.3, 0.4) is 0 Å². The first kappa shape index (κ1) is 16.0. The number of nitriles is 1. The van der Waals surface area contributed by atoms with Crippen LogP contribution in [-0.4, -0.2) is 19.8 Å². The number of hydrogen-bond acceptors (Lipinski definition) is 3. The summed E-state index contributed by atoms with van der Waals surface area (Å²) in [6.45, 7) is 4.29. The molecule has 1 aromatic rings.